The molecule has 4 aromatic rings. The van der Waals surface area contributed by atoms with Gasteiger partial charge in [0.05, 0.1) is 29.7 Å². The summed E-state index contributed by atoms with van der Waals surface area (Å²) in [7, 11) is 0. The third kappa shape index (κ3) is 3.72. The summed E-state index contributed by atoms with van der Waals surface area (Å²) in [4.78, 5) is 21.8. The second-order valence-corrected chi connectivity index (χ2v) is 8.34. The van der Waals surface area contributed by atoms with Crippen LogP contribution < -0.4 is 5.32 Å². The number of aryl methyl sites for hydroxylation is 1. The van der Waals surface area contributed by atoms with Crippen LogP contribution in [0, 0.1) is 12.8 Å². The van der Waals surface area contributed by atoms with Crippen molar-refractivity contribution >= 4 is 23.0 Å². The van der Waals surface area contributed by atoms with Gasteiger partial charge in [0.15, 0.2) is 5.58 Å². The van der Waals surface area contributed by atoms with E-state index in [1.165, 1.54) is 4.80 Å². The fourth-order valence-electron chi connectivity index (χ4n) is 4.53. The van der Waals surface area contributed by atoms with E-state index in [0.29, 0.717) is 36.3 Å². The second-order valence-electron chi connectivity index (χ2n) is 8.34. The average Bonchev–Trinajstić information content (AvgIpc) is 3.47. The van der Waals surface area contributed by atoms with E-state index in [1.807, 2.05) is 54.3 Å². The highest BCUT2D eigenvalue weighted by molar-refractivity contribution is 5.99. The molecule has 0 radical (unpaired) electrons. The van der Waals surface area contributed by atoms with Crippen molar-refractivity contribution in [3.05, 3.63) is 66.0 Å². The maximum Gasteiger partial charge on any atom is 0.295 e. The normalized spacial score (nSPS) is 18.8. The van der Waals surface area contributed by atoms with Crippen LogP contribution in [-0.4, -0.2) is 49.9 Å². The molecule has 1 saturated heterocycles. The molecular formula is C24H26N6O2. The maximum absolute atomic E-state index is 13.8. The Morgan fingerprint density at radius 1 is 1.16 bits per heavy atom. The fraction of sp³-hybridized carbons (Fsp3) is 0.333. The molecule has 8 heteroatoms. The zero-order chi connectivity index (χ0) is 22.1. The van der Waals surface area contributed by atoms with E-state index in [4.69, 9.17) is 4.42 Å². The molecule has 1 aliphatic heterocycles. The van der Waals surface area contributed by atoms with Crippen molar-refractivity contribution < 1.29 is 9.21 Å². The Morgan fingerprint density at radius 2 is 1.97 bits per heavy atom. The number of para-hydroxylation sites is 2. The number of fused-ring (bicyclic) bond motifs is 1. The number of oxazole rings is 1. The molecule has 3 heterocycles. The quantitative estimate of drug-likeness (QED) is 0.513. The van der Waals surface area contributed by atoms with Crippen molar-refractivity contribution in [2.24, 2.45) is 5.92 Å². The van der Waals surface area contributed by atoms with Crippen LogP contribution in [0.1, 0.15) is 35.7 Å². The average molecular weight is 431 g/mol. The molecule has 2 aromatic heterocycles. The highest BCUT2D eigenvalue weighted by atomic mass is 16.4. The Morgan fingerprint density at radius 3 is 2.78 bits per heavy atom. The summed E-state index contributed by atoms with van der Waals surface area (Å²) in [6.45, 7) is 5.44. The van der Waals surface area contributed by atoms with Gasteiger partial charge in [0.1, 0.15) is 5.52 Å². The van der Waals surface area contributed by atoms with Crippen LogP contribution in [0.25, 0.3) is 16.8 Å². The zero-order valence-electron chi connectivity index (χ0n) is 18.2. The number of piperidine rings is 1. The molecule has 1 amide bonds. The number of nitrogens with zero attached hydrogens (tertiary/aromatic N) is 5. The van der Waals surface area contributed by atoms with Crippen LogP contribution in [0.3, 0.4) is 0 Å². The first-order chi connectivity index (χ1) is 15.6. The molecule has 8 nitrogen and oxygen atoms in total. The summed E-state index contributed by atoms with van der Waals surface area (Å²) in [6.07, 6.45) is 5.29. The summed E-state index contributed by atoms with van der Waals surface area (Å²) in [5, 5.41) is 11.8. The highest BCUT2D eigenvalue weighted by Gasteiger charge is 2.34. The molecule has 0 saturated carbocycles. The molecule has 0 spiro atoms. The molecule has 2 aromatic carbocycles. The topological polar surface area (TPSA) is 89.1 Å². The highest BCUT2D eigenvalue weighted by Crippen LogP contribution is 2.28. The third-order valence-electron chi connectivity index (χ3n) is 6.23. The standard InChI is InChI=1S/C24H26N6O2/c1-16-8-6-14-29(20(16)15-25-24-28-18-9-3-4-11-21(18)32-24)23(31)22-17(2)7-5-10-19(22)30-26-12-13-27-30/h3-5,7,9-13,16,20H,6,8,14-15H2,1-2H3,(H,25,28). The molecule has 0 aliphatic carbocycles. The third-order valence-corrected chi connectivity index (χ3v) is 6.23. The van der Waals surface area contributed by atoms with Crippen LogP contribution in [0.5, 0.6) is 0 Å². The number of hydrogen-bond donors (Lipinski definition) is 1. The molecule has 2 unspecified atom stereocenters. The smallest absolute Gasteiger partial charge is 0.295 e. The van der Waals surface area contributed by atoms with E-state index in [2.05, 4.69) is 27.4 Å². The van der Waals surface area contributed by atoms with E-state index in [1.54, 1.807) is 12.4 Å². The number of hydrogen-bond acceptors (Lipinski definition) is 6. The van der Waals surface area contributed by atoms with Crippen molar-refractivity contribution in [3.8, 4) is 5.69 Å². The van der Waals surface area contributed by atoms with Gasteiger partial charge in [0.2, 0.25) is 0 Å². The Bertz CT molecular complexity index is 1200. The predicted octanol–water partition coefficient (Wildman–Crippen LogP) is 4.07. The van der Waals surface area contributed by atoms with E-state index in [0.717, 1.165) is 29.5 Å². The molecule has 32 heavy (non-hydrogen) atoms. The lowest BCUT2D eigenvalue weighted by Gasteiger charge is -2.40. The van der Waals surface area contributed by atoms with Gasteiger partial charge in [0, 0.05) is 13.1 Å². The Kier molecular flexibility index (Phi) is 5.34. The van der Waals surface area contributed by atoms with Gasteiger partial charge in [-0.05, 0) is 49.4 Å². The lowest BCUT2D eigenvalue weighted by atomic mass is 9.89. The number of aromatic nitrogens is 4. The predicted molar refractivity (Wildman–Crippen MR) is 122 cm³/mol. The summed E-state index contributed by atoms with van der Waals surface area (Å²) in [6, 6.07) is 14.0. The minimum atomic E-state index is 0.00585. The van der Waals surface area contributed by atoms with Crippen molar-refractivity contribution in [3.63, 3.8) is 0 Å². The second kappa shape index (κ2) is 8.45. The lowest BCUT2D eigenvalue weighted by Crippen LogP contribution is -2.51. The number of rotatable bonds is 5. The van der Waals surface area contributed by atoms with Crippen molar-refractivity contribution in [1.29, 1.82) is 0 Å². The van der Waals surface area contributed by atoms with Crippen LogP contribution in [-0.2, 0) is 0 Å². The molecule has 1 N–H and O–H groups in total. The molecule has 2 atom stereocenters. The molecule has 1 aliphatic rings. The summed E-state index contributed by atoms with van der Waals surface area (Å²) in [5.41, 5.74) is 3.81. The number of carbonyl (C=O) groups is 1. The Balaban J connectivity index is 1.42. The minimum absolute atomic E-state index is 0.00585. The van der Waals surface area contributed by atoms with E-state index in [-0.39, 0.29) is 11.9 Å². The number of anilines is 1. The van der Waals surface area contributed by atoms with Crippen molar-refractivity contribution in [1.82, 2.24) is 24.9 Å². The minimum Gasteiger partial charge on any atom is -0.424 e. The zero-order valence-corrected chi connectivity index (χ0v) is 18.2. The molecule has 1 fully saturated rings. The first-order valence-corrected chi connectivity index (χ1v) is 11.0. The van der Waals surface area contributed by atoms with Gasteiger partial charge in [-0.1, -0.05) is 31.2 Å². The number of likely N-dealkylation sites (tertiary alicyclic amines) is 1. The van der Waals surface area contributed by atoms with Gasteiger partial charge in [-0.3, -0.25) is 4.79 Å². The van der Waals surface area contributed by atoms with E-state index in [9.17, 15) is 4.79 Å². The monoisotopic (exact) mass is 430 g/mol. The largest absolute Gasteiger partial charge is 0.424 e. The van der Waals surface area contributed by atoms with Gasteiger partial charge in [0.25, 0.3) is 11.9 Å². The SMILES string of the molecule is Cc1cccc(-n2nccn2)c1C(=O)N1CCCC(C)C1CNc1nc2ccccc2o1. The fourth-order valence-corrected chi connectivity index (χ4v) is 4.53. The van der Waals surface area contributed by atoms with Crippen molar-refractivity contribution in [2.75, 3.05) is 18.4 Å². The number of nitrogens with one attached hydrogen (secondary N) is 1. The van der Waals surface area contributed by atoms with Crippen molar-refractivity contribution in [2.45, 2.75) is 32.7 Å². The van der Waals surface area contributed by atoms with E-state index < -0.39 is 0 Å². The van der Waals surface area contributed by atoms with E-state index >= 15 is 0 Å². The molecule has 5 rings (SSSR count). The first-order valence-electron chi connectivity index (χ1n) is 11.0. The Labute approximate surface area is 186 Å². The lowest BCUT2D eigenvalue weighted by molar-refractivity contribution is 0.0538. The molecule has 164 valence electrons. The number of benzene rings is 2. The van der Waals surface area contributed by atoms with Crippen LogP contribution in [0.15, 0.2) is 59.3 Å². The summed E-state index contributed by atoms with van der Waals surface area (Å²) in [5.74, 6) is 0.353. The van der Waals surface area contributed by atoms with Gasteiger partial charge in [-0.15, -0.1) is 0 Å². The van der Waals surface area contributed by atoms with Crippen LogP contribution in [0.2, 0.25) is 0 Å². The maximum atomic E-state index is 13.8. The van der Waals surface area contributed by atoms with Crippen LogP contribution >= 0.6 is 0 Å². The number of amides is 1. The summed E-state index contributed by atoms with van der Waals surface area (Å²) >= 11 is 0. The number of carbonyl (C=O) groups excluding carboxylic acids is 1. The van der Waals surface area contributed by atoms with Gasteiger partial charge in [-0.2, -0.15) is 20.0 Å². The Hall–Kier alpha value is -3.68. The van der Waals surface area contributed by atoms with Gasteiger partial charge >= 0.3 is 0 Å². The first kappa shape index (κ1) is 20.2. The molecule has 0 bridgehead atoms. The summed E-state index contributed by atoms with van der Waals surface area (Å²) < 4.78 is 5.82. The van der Waals surface area contributed by atoms with Crippen LogP contribution in [0.4, 0.5) is 6.01 Å². The van der Waals surface area contributed by atoms with Gasteiger partial charge < -0.3 is 14.6 Å². The molecular weight excluding hydrogens is 404 g/mol. The van der Waals surface area contributed by atoms with Gasteiger partial charge in [-0.25, -0.2) is 0 Å².